The zero-order valence-corrected chi connectivity index (χ0v) is 15.3. The molecule has 3 rings (SSSR count). The van der Waals surface area contributed by atoms with Crippen LogP contribution in [-0.2, 0) is 6.54 Å². The van der Waals surface area contributed by atoms with Crippen LogP contribution in [0.1, 0.15) is 32.0 Å². The van der Waals surface area contributed by atoms with Crippen molar-refractivity contribution in [3.63, 3.8) is 0 Å². The molecule has 0 aliphatic rings. The molecular formula is C22H21N3O2. The summed E-state index contributed by atoms with van der Waals surface area (Å²) in [5.74, 6) is -0.238. The van der Waals surface area contributed by atoms with E-state index < -0.39 is 0 Å². The Morgan fingerprint density at radius 2 is 1.59 bits per heavy atom. The summed E-state index contributed by atoms with van der Waals surface area (Å²) in [5, 5.41) is 5.52. The van der Waals surface area contributed by atoms with E-state index in [4.69, 9.17) is 0 Å². The number of benzene rings is 2. The Kier molecular flexibility index (Phi) is 5.61. The van der Waals surface area contributed by atoms with E-state index in [1.165, 1.54) is 0 Å². The Labute approximate surface area is 158 Å². The van der Waals surface area contributed by atoms with Gasteiger partial charge in [0.25, 0.3) is 11.8 Å². The van der Waals surface area contributed by atoms with E-state index in [-0.39, 0.29) is 11.8 Å². The first-order chi connectivity index (χ1) is 13.1. The molecule has 3 aromatic rings. The van der Waals surface area contributed by atoms with Gasteiger partial charge in [0.05, 0.1) is 17.0 Å². The van der Waals surface area contributed by atoms with E-state index in [9.17, 15) is 9.59 Å². The highest BCUT2D eigenvalue weighted by Gasteiger charge is 2.10. The number of amides is 2. The van der Waals surface area contributed by atoms with Crippen LogP contribution in [0.4, 0.5) is 0 Å². The van der Waals surface area contributed by atoms with Crippen molar-refractivity contribution in [3.8, 4) is 11.3 Å². The third-order valence-electron chi connectivity index (χ3n) is 4.30. The summed E-state index contributed by atoms with van der Waals surface area (Å²) in [6.07, 6.45) is 0. The molecule has 0 unspecified atom stereocenters. The smallest absolute Gasteiger partial charge is 0.252 e. The SMILES string of the molecule is CNC(=O)c1ccc(-c2ccc(CNC(=O)c3ccccc3)cc2)nc1C. The van der Waals surface area contributed by atoms with E-state index in [1.54, 1.807) is 25.2 Å². The van der Waals surface area contributed by atoms with E-state index in [1.807, 2.05) is 55.5 Å². The Balaban J connectivity index is 1.68. The van der Waals surface area contributed by atoms with Crippen molar-refractivity contribution in [2.24, 2.45) is 0 Å². The Hall–Kier alpha value is -3.47. The van der Waals surface area contributed by atoms with Crippen LogP contribution in [0.5, 0.6) is 0 Å². The van der Waals surface area contributed by atoms with Gasteiger partial charge in [-0.25, -0.2) is 0 Å². The second-order valence-corrected chi connectivity index (χ2v) is 6.15. The van der Waals surface area contributed by atoms with Crippen molar-refractivity contribution >= 4 is 11.8 Å². The summed E-state index contributed by atoms with van der Waals surface area (Å²) < 4.78 is 0. The number of rotatable bonds is 5. The average molecular weight is 359 g/mol. The van der Waals surface area contributed by atoms with Gasteiger partial charge in [-0.3, -0.25) is 14.6 Å². The number of carbonyl (C=O) groups is 2. The Morgan fingerprint density at radius 1 is 0.889 bits per heavy atom. The largest absolute Gasteiger partial charge is 0.355 e. The van der Waals surface area contributed by atoms with Gasteiger partial charge in [0.1, 0.15) is 0 Å². The minimum Gasteiger partial charge on any atom is -0.355 e. The molecule has 5 heteroatoms. The number of nitrogens with one attached hydrogen (secondary N) is 2. The number of aromatic nitrogens is 1. The zero-order valence-electron chi connectivity index (χ0n) is 15.3. The molecule has 0 fully saturated rings. The first kappa shape index (κ1) is 18.3. The predicted octanol–water partition coefficient (Wildman–Crippen LogP) is 3.35. The van der Waals surface area contributed by atoms with Crippen LogP contribution in [0.15, 0.2) is 66.7 Å². The highest BCUT2D eigenvalue weighted by Crippen LogP contribution is 2.20. The lowest BCUT2D eigenvalue weighted by Gasteiger charge is -2.09. The third-order valence-corrected chi connectivity index (χ3v) is 4.30. The Morgan fingerprint density at radius 3 is 2.22 bits per heavy atom. The highest BCUT2D eigenvalue weighted by molar-refractivity contribution is 5.95. The van der Waals surface area contributed by atoms with E-state index in [2.05, 4.69) is 15.6 Å². The lowest BCUT2D eigenvalue weighted by atomic mass is 10.1. The molecule has 1 aromatic heterocycles. The molecule has 2 N–H and O–H groups in total. The summed E-state index contributed by atoms with van der Waals surface area (Å²) in [7, 11) is 1.60. The molecule has 2 aromatic carbocycles. The molecule has 0 saturated heterocycles. The van der Waals surface area contributed by atoms with E-state index >= 15 is 0 Å². The lowest BCUT2D eigenvalue weighted by Crippen LogP contribution is -2.22. The van der Waals surface area contributed by atoms with Gasteiger partial charge in [0, 0.05) is 24.7 Å². The number of nitrogens with zero attached hydrogens (tertiary/aromatic N) is 1. The maximum Gasteiger partial charge on any atom is 0.252 e. The van der Waals surface area contributed by atoms with Gasteiger partial charge < -0.3 is 10.6 Å². The molecule has 0 bridgehead atoms. The molecule has 1 heterocycles. The summed E-state index contributed by atoms with van der Waals surface area (Å²) in [6, 6.07) is 20.6. The molecule has 0 radical (unpaired) electrons. The molecule has 0 atom stereocenters. The van der Waals surface area contributed by atoms with E-state index in [0.717, 1.165) is 16.8 Å². The van der Waals surface area contributed by atoms with Crippen molar-refractivity contribution < 1.29 is 9.59 Å². The molecule has 0 aliphatic heterocycles. The van der Waals surface area contributed by atoms with Crippen LogP contribution in [-0.4, -0.2) is 23.8 Å². The highest BCUT2D eigenvalue weighted by atomic mass is 16.2. The van der Waals surface area contributed by atoms with Gasteiger partial charge in [-0.05, 0) is 36.8 Å². The second kappa shape index (κ2) is 8.27. The molecular weight excluding hydrogens is 338 g/mol. The molecule has 5 nitrogen and oxygen atoms in total. The summed E-state index contributed by atoms with van der Waals surface area (Å²) in [6.45, 7) is 2.28. The van der Waals surface area contributed by atoms with Crippen LogP contribution in [0.3, 0.4) is 0 Å². The standard InChI is InChI=1S/C22H21N3O2/c1-15-19(22(27)23-2)12-13-20(25-15)17-10-8-16(9-11-17)14-24-21(26)18-6-4-3-5-7-18/h3-13H,14H2,1-2H3,(H,23,27)(H,24,26). The van der Waals surface area contributed by atoms with Gasteiger partial charge in [-0.15, -0.1) is 0 Å². The molecule has 0 saturated carbocycles. The number of aryl methyl sites for hydroxylation is 1. The van der Waals surface area contributed by atoms with Gasteiger partial charge in [-0.2, -0.15) is 0 Å². The molecule has 0 spiro atoms. The third kappa shape index (κ3) is 4.39. The van der Waals surface area contributed by atoms with Crippen LogP contribution in [0.25, 0.3) is 11.3 Å². The van der Waals surface area contributed by atoms with E-state index in [0.29, 0.717) is 23.4 Å². The quantitative estimate of drug-likeness (QED) is 0.734. The lowest BCUT2D eigenvalue weighted by molar-refractivity contribution is 0.0946. The van der Waals surface area contributed by atoms with Crippen molar-refractivity contribution in [1.82, 2.24) is 15.6 Å². The van der Waals surface area contributed by atoms with Crippen LogP contribution >= 0.6 is 0 Å². The van der Waals surface area contributed by atoms with Crippen molar-refractivity contribution in [2.45, 2.75) is 13.5 Å². The fourth-order valence-corrected chi connectivity index (χ4v) is 2.76. The Bertz CT molecular complexity index is 951. The number of hydrogen-bond donors (Lipinski definition) is 2. The molecule has 136 valence electrons. The van der Waals surface area contributed by atoms with Gasteiger partial charge in [0.15, 0.2) is 0 Å². The topological polar surface area (TPSA) is 71.1 Å². The van der Waals surface area contributed by atoms with Crippen molar-refractivity contribution in [3.05, 3.63) is 89.1 Å². The summed E-state index contributed by atoms with van der Waals surface area (Å²) in [4.78, 5) is 28.4. The van der Waals surface area contributed by atoms with Gasteiger partial charge in [-0.1, -0.05) is 42.5 Å². The molecule has 27 heavy (non-hydrogen) atoms. The fourth-order valence-electron chi connectivity index (χ4n) is 2.76. The monoisotopic (exact) mass is 359 g/mol. The number of pyridine rings is 1. The average Bonchev–Trinajstić information content (AvgIpc) is 2.72. The van der Waals surface area contributed by atoms with Crippen molar-refractivity contribution in [2.75, 3.05) is 7.05 Å². The van der Waals surface area contributed by atoms with Crippen LogP contribution in [0.2, 0.25) is 0 Å². The normalized spacial score (nSPS) is 10.3. The van der Waals surface area contributed by atoms with Crippen LogP contribution < -0.4 is 10.6 Å². The molecule has 2 amide bonds. The first-order valence-electron chi connectivity index (χ1n) is 8.71. The minimum absolute atomic E-state index is 0.0956. The zero-order chi connectivity index (χ0) is 19.2. The second-order valence-electron chi connectivity index (χ2n) is 6.15. The van der Waals surface area contributed by atoms with Gasteiger partial charge in [0.2, 0.25) is 0 Å². The fraction of sp³-hybridized carbons (Fsp3) is 0.136. The maximum atomic E-state index is 12.1. The van der Waals surface area contributed by atoms with Crippen molar-refractivity contribution in [1.29, 1.82) is 0 Å². The predicted molar refractivity (Wildman–Crippen MR) is 105 cm³/mol. The maximum absolute atomic E-state index is 12.1. The van der Waals surface area contributed by atoms with Crippen LogP contribution in [0, 0.1) is 6.92 Å². The first-order valence-corrected chi connectivity index (χ1v) is 8.71. The minimum atomic E-state index is -0.143. The number of hydrogen-bond acceptors (Lipinski definition) is 3. The van der Waals surface area contributed by atoms with Gasteiger partial charge >= 0.3 is 0 Å². The summed E-state index contributed by atoms with van der Waals surface area (Å²) in [5.41, 5.74) is 4.67. The molecule has 0 aliphatic carbocycles. The number of carbonyl (C=O) groups excluding carboxylic acids is 2. The summed E-state index contributed by atoms with van der Waals surface area (Å²) >= 11 is 0.